The number of carbonyl (C=O) groups excluding carboxylic acids is 2. The molecule has 0 aliphatic carbocycles. The lowest BCUT2D eigenvalue weighted by atomic mass is 10.1. The number of hydrogen-bond donors (Lipinski definition) is 1. The van der Waals surface area contributed by atoms with Crippen molar-refractivity contribution in [2.24, 2.45) is 0 Å². The number of phosphoric ester groups is 1. The van der Waals surface area contributed by atoms with Crippen LogP contribution >= 0.6 is 7.82 Å². The van der Waals surface area contributed by atoms with Crippen LogP contribution in [0.3, 0.4) is 0 Å². The van der Waals surface area contributed by atoms with E-state index in [1.54, 1.807) is 0 Å². The van der Waals surface area contributed by atoms with Gasteiger partial charge in [0.25, 0.3) is 0 Å². The summed E-state index contributed by atoms with van der Waals surface area (Å²) < 4.78 is 40.1. The molecule has 0 amide bonds. The topological polar surface area (TPSA) is 121 Å². The van der Waals surface area contributed by atoms with Crippen molar-refractivity contribution in [3.63, 3.8) is 0 Å². The van der Waals surface area contributed by atoms with Crippen LogP contribution in [-0.4, -0.2) is 87.1 Å². The van der Waals surface area contributed by atoms with Gasteiger partial charge in [-0.2, -0.15) is 0 Å². The number of hydrogen-bond acceptors (Lipinski definition) is 8. The Morgan fingerprint density at radius 1 is 0.655 bits per heavy atom. The first kappa shape index (κ1) is 51.5. The first-order chi connectivity index (χ1) is 26.5. The summed E-state index contributed by atoms with van der Waals surface area (Å²) in [5, 5.41) is 0. The highest BCUT2D eigenvalue weighted by atomic mass is 31.2. The van der Waals surface area contributed by atoms with Crippen molar-refractivity contribution in [1.82, 2.24) is 0 Å². The van der Waals surface area contributed by atoms with Gasteiger partial charge in [-0.1, -0.05) is 128 Å². The molecule has 1 aliphatic heterocycles. The van der Waals surface area contributed by atoms with Gasteiger partial charge in [-0.25, -0.2) is 4.57 Å². The summed E-state index contributed by atoms with van der Waals surface area (Å²) >= 11 is 0. The van der Waals surface area contributed by atoms with E-state index in [0.717, 1.165) is 83.5 Å². The summed E-state index contributed by atoms with van der Waals surface area (Å²) in [6.45, 7) is 4.35. The summed E-state index contributed by atoms with van der Waals surface area (Å²) in [7, 11) is 1.45. The van der Waals surface area contributed by atoms with E-state index in [1.165, 1.54) is 64.2 Å². The van der Waals surface area contributed by atoms with Gasteiger partial charge in [0.15, 0.2) is 6.10 Å². The normalized spacial score (nSPS) is 17.5. The van der Waals surface area contributed by atoms with Crippen LogP contribution in [0.25, 0.3) is 0 Å². The first-order valence-corrected chi connectivity index (χ1v) is 23.7. The number of carbonyl (C=O) groups is 2. The molecule has 0 aromatic rings. The third-order valence-electron chi connectivity index (χ3n) is 9.88. The lowest BCUT2D eigenvalue weighted by Crippen LogP contribution is -2.37. The Morgan fingerprint density at radius 3 is 1.78 bits per heavy atom. The monoisotopic (exact) mass is 801 g/mol. The summed E-state index contributed by atoms with van der Waals surface area (Å²) in [5.41, 5.74) is 0. The van der Waals surface area contributed by atoms with Gasteiger partial charge < -0.3 is 23.6 Å². The molecule has 10 nitrogen and oxygen atoms in total. The van der Waals surface area contributed by atoms with Crippen molar-refractivity contribution in [3.8, 4) is 0 Å². The highest BCUT2D eigenvalue weighted by Crippen LogP contribution is 2.43. The van der Waals surface area contributed by atoms with Crippen molar-refractivity contribution in [3.05, 3.63) is 24.3 Å². The third-order valence-corrected chi connectivity index (χ3v) is 10.9. The van der Waals surface area contributed by atoms with Crippen molar-refractivity contribution >= 4 is 19.8 Å². The van der Waals surface area contributed by atoms with Gasteiger partial charge in [0, 0.05) is 12.8 Å². The quantitative estimate of drug-likeness (QED) is 0.0162. The highest BCUT2D eigenvalue weighted by Gasteiger charge is 2.36. The number of esters is 2. The van der Waals surface area contributed by atoms with E-state index >= 15 is 0 Å². The molecule has 4 atom stereocenters. The summed E-state index contributed by atoms with van der Waals surface area (Å²) in [4.78, 5) is 35.4. The fraction of sp³-hybridized carbons (Fsp3) is 0.864. The Balaban J connectivity index is 2.29. The van der Waals surface area contributed by atoms with Crippen LogP contribution in [0.1, 0.15) is 181 Å². The molecule has 1 aliphatic rings. The lowest BCUT2D eigenvalue weighted by molar-refractivity contribution is -0.870. The molecule has 0 saturated carbocycles. The van der Waals surface area contributed by atoms with Crippen LogP contribution in [0, 0.1) is 0 Å². The number of epoxide rings is 1. The molecule has 1 rings (SSSR count). The minimum Gasteiger partial charge on any atom is -0.462 e. The van der Waals surface area contributed by atoms with E-state index in [1.807, 2.05) is 21.1 Å². The Bertz CT molecular complexity index is 1060. The van der Waals surface area contributed by atoms with E-state index in [9.17, 15) is 19.0 Å². The van der Waals surface area contributed by atoms with Crippen LogP contribution in [0.4, 0.5) is 0 Å². The maximum atomic E-state index is 12.7. The molecule has 1 N–H and O–H groups in total. The van der Waals surface area contributed by atoms with Gasteiger partial charge in [-0.3, -0.25) is 18.6 Å². The summed E-state index contributed by atoms with van der Waals surface area (Å²) in [5.74, 6) is -0.829. The van der Waals surface area contributed by atoms with Crippen molar-refractivity contribution in [1.29, 1.82) is 0 Å². The van der Waals surface area contributed by atoms with Crippen LogP contribution in [0.2, 0.25) is 0 Å². The maximum Gasteiger partial charge on any atom is 0.472 e. The lowest BCUT2D eigenvalue weighted by Gasteiger charge is -2.24. The number of allylic oxidation sites excluding steroid dienone is 3. The zero-order valence-corrected chi connectivity index (χ0v) is 36.8. The number of phosphoric acid groups is 1. The van der Waals surface area contributed by atoms with Gasteiger partial charge in [-0.05, 0) is 64.2 Å². The standard InChI is InChI=1S/C44H82NO9P/c1-6-8-10-12-14-15-16-17-18-19-20-21-22-26-30-34-43(46)50-38-40(39-52-55(48,49)51-37-36-45(3,4)5)53-44(47)35-31-27-23-25-29-33-42-41(54-42)32-28-24-13-11-9-7-2/h17-18,24,28,40-42H,6-16,19-23,25-27,29-39H2,1-5H3/p+1/b18-17-,28-24-/t40-,41?,42?/m1/s1. The Hall–Kier alpha value is -1.55. The average Bonchev–Trinajstić information content (AvgIpc) is 3.89. The van der Waals surface area contributed by atoms with E-state index in [4.69, 9.17) is 23.3 Å². The van der Waals surface area contributed by atoms with Crippen molar-refractivity contribution in [2.45, 2.75) is 199 Å². The molecule has 0 spiro atoms. The molecule has 0 aromatic heterocycles. The van der Waals surface area contributed by atoms with E-state index < -0.39 is 26.5 Å². The van der Waals surface area contributed by atoms with Crippen molar-refractivity contribution < 1.29 is 46.8 Å². The Morgan fingerprint density at radius 2 is 1.16 bits per heavy atom. The SMILES string of the molecule is CCCCC/C=C\CC1OC1CCCCCCCC(=O)O[C@H](COC(=O)CCCCCCC/C=C\CCCCCCCC)COP(=O)(O)OCC[N+](C)(C)C. The number of nitrogens with zero attached hydrogens (tertiary/aromatic N) is 1. The van der Waals surface area contributed by atoms with E-state index in [2.05, 4.69) is 38.2 Å². The Labute approximate surface area is 336 Å². The fourth-order valence-electron chi connectivity index (χ4n) is 6.25. The first-order valence-electron chi connectivity index (χ1n) is 22.2. The van der Waals surface area contributed by atoms with Crippen LogP contribution in [-0.2, 0) is 37.4 Å². The summed E-state index contributed by atoms with van der Waals surface area (Å²) in [6, 6.07) is 0. The number of ether oxygens (including phenoxy) is 3. The molecule has 0 bridgehead atoms. The highest BCUT2D eigenvalue weighted by molar-refractivity contribution is 7.47. The molecule has 0 radical (unpaired) electrons. The fourth-order valence-corrected chi connectivity index (χ4v) is 6.99. The molecule has 1 heterocycles. The van der Waals surface area contributed by atoms with Crippen LogP contribution in [0.5, 0.6) is 0 Å². The molecular formula is C44H83NO9P+. The van der Waals surface area contributed by atoms with Gasteiger partial charge >= 0.3 is 19.8 Å². The minimum atomic E-state index is -4.38. The molecule has 0 aromatic carbocycles. The maximum absolute atomic E-state index is 12.7. The molecule has 1 saturated heterocycles. The number of likely N-dealkylation sites (N-methyl/N-ethyl adjacent to an activating group) is 1. The average molecular weight is 801 g/mol. The van der Waals surface area contributed by atoms with E-state index in [-0.39, 0.29) is 32.0 Å². The zero-order chi connectivity index (χ0) is 40.5. The molecule has 322 valence electrons. The second-order valence-corrected chi connectivity index (χ2v) is 17.9. The summed E-state index contributed by atoms with van der Waals surface area (Å²) in [6.07, 6.45) is 36.7. The molecule has 11 heteroatoms. The second kappa shape index (κ2) is 33.4. The minimum absolute atomic E-state index is 0.0253. The molecule has 3 unspecified atom stereocenters. The number of rotatable bonds is 39. The Kier molecular flexibility index (Phi) is 31.3. The van der Waals surface area contributed by atoms with Gasteiger partial charge in [-0.15, -0.1) is 0 Å². The molecular weight excluding hydrogens is 717 g/mol. The van der Waals surface area contributed by atoms with Gasteiger partial charge in [0.2, 0.25) is 0 Å². The van der Waals surface area contributed by atoms with E-state index in [0.29, 0.717) is 29.7 Å². The molecule has 55 heavy (non-hydrogen) atoms. The van der Waals surface area contributed by atoms with Crippen molar-refractivity contribution in [2.75, 3.05) is 47.5 Å². The zero-order valence-electron chi connectivity index (χ0n) is 35.9. The molecule has 1 fully saturated rings. The number of unbranched alkanes of at least 4 members (excludes halogenated alkanes) is 18. The predicted molar refractivity (Wildman–Crippen MR) is 224 cm³/mol. The van der Waals surface area contributed by atoms with Crippen LogP contribution < -0.4 is 0 Å². The second-order valence-electron chi connectivity index (χ2n) is 16.5. The van der Waals surface area contributed by atoms with Gasteiger partial charge in [0.05, 0.1) is 40.0 Å². The smallest absolute Gasteiger partial charge is 0.462 e. The number of quaternary nitrogens is 1. The largest absolute Gasteiger partial charge is 0.472 e. The van der Waals surface area contributed by atoms with Gasteiger partial charge in [0.1, 0.15) is 19.8 Å². The predicted octanol–water partition coefficient (Wildman–Crippen LogP) is 11.3. The third kappa shape index (κ3) is 34.2. The van der Waals surface area contributed by atoms with Crippen LogP contribution in [0.15, 0.2) is 24.3 Å².